The molecule has 1 heterocycles. The number of para-hydroxylation sites is 1. The van der Waals surface area contributed by atoms with E-state index >= 15 is 0 Å². The van der Waals surface area contributed by atoms with Gasteiger partial charge in [0.2, 0.25) is 11.8 Å². The summed E-state index contributed by atoms with van der Waals surface area (Å²) in [6.07, 6.45) is 4.64. The van der Waals surface area contributed by atoms with Crippen LogP contribution in [-0.2, 0) is 17.6 Å². The highest BCUT2D eigenvalue weighted by Gasteiger charge is 2.10. The molecular weight excluding hydrogens is 314 g/mol. The van der Waals surface area contributed by atoms with Gasteiger partial charge in [0, 0.05) is 29.2 Å². The third kappa shape index (κ3) is 4.07. The minimum absolute atomic E-state index is 0.154. The zero-order valence-electron chi connectivity index (χ0n) is 13.8. The van der Waals surface area contributed by atoms with Crippen LogP contribution in [0.5, 0.6) is 0 Å². The molecule has 0 spiro atoms. The third-order valence-electron chi connectivity index (χ3n) is 4.16. The second-order valence-corrected chi connectivity index (χ2v) is 5.83. The number of amides is 2. The fourth-order valence-electron chi connectivity index (χ4n) is 2.87. The Bertz CT molecular complexity index is 899. The summed E-state index contributed by atoms with van der Waals surface area (Å²) in [4.78, 5) is 26.6. The van der Waals surface area contributed by atoms with Crippen molar-refractivity contribution < 1.29 is 9.59 Å². The average molecular weight is 334 g/mol. The van der Waals surface area contributed by atoms with E-state index < -0.39 is 5.91 Å². The van der Waals surface area contributed by atoms with Gasteiger partial charge in [0.15, 0.2) is 0 Å². The molecule has 0 bridgehead atoms. The largest absolute Gasteiger partial charge is 0.366 e. The van der Waals surface area contributed by atoms with Crippen molar-refractivity contribution in [3.8, 4) is 0 Å². The molecule has 0 fully saturated rings. The smallest absolute Gasteiger partial charge is 0.248 e. The molecule has 2 aromatic carbocycles. The van der Waals surface area contributed by atoms with Gasteiger partial charge in [-0.2, -0.15) is 0 Å². The highest BCUT2D eigenvalue weighted by molar-refractivity contribution is 5.95. The quantitative estimate of drug-likeness (QED) is 0.619. The Labute approximate surface area is 146 Å². The Hall–Kier alpha value is -3.08. The molecule has 1 radical (unpaired) electrons. The standard InChI is InChI=1S/C20H20N3O2/c21-20(25)17-7-2-1-5-14(17)9-10-19(24)22-12-11-15-13-23-18-8-4-3-6-16(15)18/h1-8,10,13,23H,9,11-12H2,(H2,21,25)(H,22,24). The fourth-order valence-corrected chi connectivity index (χ4v) is 2.87. The van der Waals surface area contributed by atoms with E-state index in [0.717, 1.165) is 17.5 Å². The number of hydrogen-bond donors (Lipinski definition) is 3. The highest BCUT2D eigenvalue weighted by atomic mass is 16.1. The summed E-state index contributed by atoms with van der Waals surface area (Å²) in [7, 11) is 0. The molecule has 0 saturated heterocycles. The van der Waals surface area contributed by atoms with Crippen molar-refractivity contribution >= 4 is 22.7 Å². The van der Waals surface area contributed by atoms with Crippen molar-refractivity contribution in [3.05, 3.63) is 77.8 Å². The van der Waals surface area contributed by atoms with Gasteiger partial charge in [-0.25, -0.2) is 0 Å². The summed E-state index contributed by atoms with van der Waals surface area (Å²) in [6, 6.07) is 15.1. The molecule has 127 valence electrons. The van der Waals surface area contributed by atoms with Crippen LogP contribution in [0.4, 0.5) is 0 Å². The summed E-state index contributed by atoms with van der Waals surface area (Å²) in [6.45, 7) is 0.550. The van der Waals surface area contributed by atoms with Crippen LogP contribution in [-0.4, -0.2) is 23.3 Å². The fraction of sp³-hybridized carbons (Fsp3) is 0.150. The van der Waals surface area contributed by atoms with E-state index in [1.54, 1.807) is 18.2 Å². The maximum absolute atomic E-state index is 12.0. The van der Waals surface area contributed by atoms with Crippen molar-refractivity contribution in [2.45, 2.75) is 12.8 Å². The van der Waals surface area contributed by atoms with E-state index in [1.807, 2.05) is 30.5 Å². The number of carbonyl (C=O) groups excluding carboxylic acids is 2. The van der Waals surface area contributed by atoms with Gasteiger partial charge in [-0.3, -0.25) is 9.59 Å². The number of rotatable bonds is 7. The van der Waals surface area contributed by atoms with Crippen LogP contribution >= 0.6 is 0 Å². The number of nitrogens with two attached hydrogens (primary N) is 1. The molecule has 0 saturated carbocycles. The van der Waals surface area contributed by atoms with Gasteiger partial charge in [-0.15, -0.1) is 0 Å². The number of aromatic amines is 1. The van der Waals surface area contributed by atoms with E-state index in [1.165, 1.54) is 17.4 Å². The zero-order chi connectivity index (χ0) is 17.6. The van der Waals surface area contributed by atoms with E-state index in [0.29, 0.717) is 18.5 Å². The normalized spacial score (nSPS) is 10.7. The Morgan fingerprint density at radius 1 is 1.04 bits per heavy atom. The predicted octanol–water partition coefficient (Wildman–Crippen LogP) is 2.37. The first-order valence-corrected chi connectivity index (χ1v) is 8.19. The first-order valence-electron chi connectivity index (χ1n) is 8.19. The molecule has 3 aromatic rings. The molecule has 2 amide bonds. The van der Waals surface area contributed by atoms with Crippen molar-refractivity contribution in [1.82, 2.24) is 10.3 Å². The molecule has 5 heteroatoms. The number of aromatic nitrogens is 1. The molecule has 4 N–H and O–H groups in total. The zero-order valence-corrected chi connectivity index (χ0v) is 13.8. The number of hydrogen-bond acceptors (Lipinski definition) is 2. The number of primary amides is 1. The minimum Gasteiger partial charge on any atom is -0.366 e. The molecule has 0 atom stereocenters. The SMILES string of the molecule is NC(=O)c1ccccc1C[CH]C(=O)NCCc1c[nH]c2ccccc12. The van der Waals surface area contributed by atoms with Crippen molar-refractivity contribution in [1.29, 1.82) is 0 Å². The Balaban J connectivity index is 1.50. The maximum Gasteiger partial charge on any atom is 0.248 e. The summed E-state index contributed by atoms with van der Waals surface area (Å²) in [5, 5.41) is 4.06. The summed E-state index contributed by atoms with van der Waals surface area (Å²) in [5.41, 5.74) is 8.82. The Kier molecular flexibility index (Phi) is 5.14. The predicted molar refractivity (Wildman–Crippen MR) is 98.0 cm³/mol. The Morgan fingerprint density at radius 2 is 1.80 bits per heavy atom. The number of nitrogens with one attached hydrogen (secondary N) is 2. The van der Waals surface area contributed by atoms with Crippen LogP contribution in [0.3, 0.4) is 0 Å². The molecule has 0 aliphatic heterocycles. The van der Waals surface area contributed by atoms with E-state index in [-0.39, 0.29) is 5.91 Å². The molecular formula is C20H20N3O2. The molecule has 3 rings (SSSR count). The molecule has 5 nitrogen and oxygen atoms in total. The molecule has 0 aliphatic rings. The van der Waals surface area contributed by atoms with Gasteiger partial charge < -0.3 is 16.0 Å². The second-order valence-electron chi connectivity index (χ2n) is 5.83. The van der Waals surface area contributed by atoms with Crippen molar-refractivity contribution in [2.75, 3.05) is 6.54 Å². The summed E-state index contributed by atoms with van der Waals surface area (Å²) >= 11 is 0. The maximum atomic E-state index is 12.0. The molecule has 0 aliphatic carbocycles. The van der Waals surface area contributed by atoms with E-state index in [4.69, 9.17) is 5.73 Å². The molecule has 0 unspecified atom stereocenters. The van der Waals surface area contributed by atoms with Crippen LogP contribution < -0.4 is 11.1 Å². The number of H-pyrrole nitrogens is 1. The molecule has 25 heavy (non-hydrogen) atoms. The lowest BCUT2D eigenvalue weighted by atomic mass is 10.0. The molecule has 1 aromatic heterocycles. The monoisotopic (exact) mass is 334 g/mol. The third-order valence-corrected chi connectivity index (χ3v) is 4.16. The van der Waals surface area contributed by atoms with Crippen molar-refractivity contribution in [2.24, 2.45) is 5.73 Å². The topological polar surface area (TPSA) is 88.0 Å². The highest BCUT2D eigenvalue weighted by Crippen LogP contribution is 2.17. The van der Waals surface area contributed by atoms with Crippen LogP contribution in [0.15, 0.2) is 54.7 Å². The number of carbonyl (C=O) groups is 2. The van der Waals surface area contributed by atoms with Crippen LogP contribution in [0.25, 0.3) is 10.9 Å². The van der Waals surface area contributed by atoms with Crippen LogP contribution in [0.2, 0.25) is 0 Å². The lowest BCUT2D eigenvalue weighted by Gasteiger charge is -2.07. The van der Waals surface area contributed by atoms with Crippen LogP contribution in [0, 0.1) is 6.42 Å². The van der Waals surface area contributed by atoms with E-state index in [9.17, 15) is 9.59 Å². The first kappa shape index (κ1) is 16.8. The van der Waals surface area contributed by atoms with Gasteiger partial charge in [0.1, 0.15) is 0 Å². The summed E-state index contributed by atoms with van der Waals surface area (Å²) < 4.78 is 0. The van der Waals surface area contributed by atoms with Gasteiger partial charge >= 0.3 is 0 Å². The van der Waals surface area contributed by atoms with Gasteiger partial charge in [-0.05, 0) is 36.1 Å². The van der Waals surface area contributed by atoms with Gasteiger partial charge in [0.25, 0.3) is 0 Å². The lowest BCUT2D eigenvalue weighted by molar-refractivity contribution is -0.117. The van der Waals surface area contributed by atoms with Gasteiger partial charge in [0.05, 0.1) is 6.42 Å². The lowest BCUT2D eigenvalue weighted by Crippen LogP contribution is -2.26. The number of benzene rings is 2. The number of fused-ring (bicyclic) bond motifs is 1. The first-order chi connectivity index (χ1) is 12.1. The second kappa shape index (κ2) is 7.66. The average Bonchev–Trinajstić information content (AvgIpc) is 3.03. The minimum atomic E-state index is -0.483. The van der Waals surface area contributed by atoms with Crippen molar-refractivity contribution in [3.63, 3.8) is 0 Å². The Morgan fingerprint density at radius 3 is 2.64 bits per heavy atom. The van der Waals surface area contributed by atoms with Gasteiger partial charge in [-0.1, -0.05) is 36.4 Å². The van der Waals surface area contributed by atoms with Crippen LogP contribution in [0.1, 0.15) is 21.5 Å². The van der Waals surface area contributed by atoms with E-state index in [2.05, 4.69) is 16.4 Å². The summed E-state index contributed by atoms with van der Waals surface area (Å²) in [5.74, 6) is -0.636.